The molecule has 1 aliphatic heterocycles. The minimum absolute atomic E-state index is 0.257. The Labute approximate surface area is 199 Å². The lowest BCUT2D eigenvalue weighted by Gasteiger charge is -2.29. The van der Waals surface area contributed by atoms with Gasteiger partial charge in [0.2, 0.25) is 0 Å². The normalized spacial score (nSPS) is 17.2. The van der Waals surface area contributed by atoms with Gasteiger partial charge in [-0.15, -0.1) is 0 Å². The van der Waals surface area contributed by atoms with Crippen LogP contribution in [0, 0.1) is 0 Å². The highest BCUT2D eigenvalue weighted by Crippen LogP contribution is 2.31. The summed E-state index contributed by atoms with van der Waals surface area (Å²) in [5.41, 5.74) is 3.92. The molecule has 0 radical (unpaired) electrons. The largest absolute Gasteiger partial charge is 0.369 e. The number of anilines is 4. The molecule has 3 heterocycles. The molecule has 34 heavy (non-hydrogen) atoms. The van der Waals surface area contributed by atoms with E-state index in [4.69, 9.17) is 0 Å². The van der Waals surface area contributed by atoms with E-state index in [1.54, 1.807) is 12.5 Å². The molecule has 4 N–H and O–H groups in total. The third-order valence-electron chi connectivity index (χ3n) is 6.70. The molecule has 2 fully saturated rings. The van der Waals surface area contributed by atoms with Gasteiger partial charge >= 0.3 is 0 Å². The van der Waals surface area contributed by atoms with Crippen LogP contribution in [-0.2, 0) is 0 Å². The van der Waals surface area contributed by atoms with E-state index >= 15 is 0 Å². The number of nitrogens with zero attached hydrogens (tertiary/aromatic N) is 4. The summed E-state index contributed by atoms with van der Waals surface area (Å²) in [5, 5.41) is 16.5. The van der Waals surface area contributed by atoms with E-state index in [9.17, 15) is 4.79 Å². The van der Waals surface area contributed by atoms with Gasteiger partial charge in [0.1, 0.15) is 17.8 Å². The van der Waals surface area contributed by atoms with Crippen molar-refractivity contribution in [2.45, 2.75) is 44.4 Å². The van der Waals surface area contributed by atoms with Gasteiger partial charge in [-0.1, -0.05) is 25.7 Å². The number of benzene rings is 1. The van der Waals surface area contributed by atoms with E-state index in [0.717, 1.165) is 43.2 Å². The molecular weight excluding hydrogens is 428 g/mol. The minimum Gasteiger partial charge on any atom is -0.369 e. The number of piperazine rings is 1. The van der Waals surface area contributed by atoms with E-state index in [2.05, 4.69) is 41.0 Å². The fourth-order valence-corrected chi connectivity index (χ4v) is 4.80. The van der Waals surface area contributed by atoms with E-state index in [0.29, 0.717) is 23.1 Å². The molecule has 1 aromatic carbocycles. The first-order valence-electron chi connectivity index (χ1n) is 12.3. The maximum absolute atomic E-state index is 13.0. The third kappa shape index (κ3) is 5.36. The summed E-state index contributed by atoms with van der Waals surface area (Å²) in [6, 6.07) is 9.95. The molecule has 0 bridgehead atoms. The standard InChI is InChI=1S/C25H32N8O/c34-25(30-19-7-9-20(10-8-19)33-13-11-26-12-14-33)24-22(16-29-32-24)31-23-15-21(27-17-28-23)18-5-3-1-2-4-6-18/h7-10,15-18,26H,1-6,11-14H2,(H,29,32)(H,30,34)(H,27,28,31). The van der Waals surface area contributed by atoms with Crippen molar-refractivity contribution in [2.24, 2.45) is 0 Å². The van der Waals surface area contributed by atoms with Crippen molar-refractivity contribution < 1.29 is 4.79 Å². The van der Waals surface area contributed by atoms with Crippen molar-refractivity contribution in [1.82, 2.24) is 25.5 Å². The van der Waals surface area contributed by atoms with Crippen LogP contribution in [0.1, 0.15) is 60.6 Å². The molecule has 5 rings (SSSR count). The molecule has 9 heteroatoms. The van der Waals surface area contributed by atoms with Gasteiger partial charge in [0.05, 0.1) is 11.9 Å². The summed E-state index contributed by atoms with van der Waals surface area (Å²) in [6.45, 7) is 3.95. The minimum atomic E-state index is -0.257. The van der Waals surface area contributed by atoms with Gasteiger partial charge in [0, 0.05) is 55.2 Å². The topological polar surface area (TPSA) is 111 Å². The van der Waals surface area contributed by atoms with Crippen LogP contribution in [0.2, 0.25) is 0 Å². The third-order valence-corrected chi connectivity index (χ3v) is 6.70. The fraction of sp³-hybridized carbons (Fsp3) is 0.440. The second kappa shape index (κ2) is 10.6. The number of aromatic nitrogens is 4. The number of rotatable bonds is 6. The van der Waals surface area contributed by atoms with Crippen molar-refractivity contribution in [3.63, 3.8) is 0 Å². The molecule has 178 valence electrons. The van der Waals surface area contributed by atoms with Crippen LogP contribution in [-0.4, -0.2) is 52.3 Å². The van der Waals surface area contributed by atoms with E-state index in [1.807, 2.05) is 30.3 Å². The molecule has 3 aromatic rings. The lowest BCUT2D eigenvalue weighted by atomic mass is 9.96. The van der Waals surface area contributed by atoms with Crippen molar-refractivity contribution in [3.05, 3.63) is 54.2 Å². The van der Waals surface area contributed by atoms with Crippen LogP contribution in [0.25, 0.3) is 0 Å². The molecule has 0 atom stereocenters. The monoisotopic (exact) mass is 460 g/mol. The number of carbonyl (C=O) groups excluding carboxylic acids is 1. The highest BCUT2D eigenvalue weighted by molar-refractivity contribution is 6.06. The Balaban J connectivity index is 1.24. The molecule has 0 spiro atoms. The smallest absolute Gasteiger partial charge is 0.275 e. The zero-order chi connectivity index (χ0) is 23.2. The second-order valence-corrected chi connectivity index (χ2v) is 9.04. The van der Waals surface area contributed by atoms with Crippen LogP contribution in [0.4, 0.5) is 22.9 Å². The number of hydrogen-bond donors (Lipinski definition) is 4. The summed E-state index contributed by atoms with van der Waals surface area (Å²) >= 11 is 0. The highest BCUT2D eigenvalue weighted by Gasteiger charge is 2.18. The zero-order valence-electron chi connectivity index (χ0n) is 19.4. The predicted molar refractivity (Wildman–Crippen MR) is 134 cm³/mol. The van der Waals surface area contributed by atoms with Gasteiger partial charge in [-0.25, -0.2) is 9.97 Å². The molecule has 1 amide bonds. The number of amides is 1. The van der Waals surface area contributed by atoms with Crippen molar-refractivity contribution in [3.8, 4) is 0 Å². The SMILES string of the molecule is O=C(Nc1ccc(N2CCNCC2)cc1)c1[nH]ncc1Nc1cc(C2CCCCCC2)ncn1. The van der Waals surface area contributed by atoms with Crippen molar-refractivity contribution in [1.29, 1.82) is 0 Å². The number of hydrogen-bond acceptors (Lipinski definition) is 7. The van der Waals surface area contributed by atoms with E-state index in [-0.39, 0.29) is 5.91 Å². The Bertz CT molecular complexity index is 1080. The lowest BCUT2D eigenvalue weighted by molar-refractivity contribution is 0.102. The number of H-pyrrole nitrogens is 1. The summed E-state index contributed by atoms with van der Waals surface area (Å²) in [4.78, 5) is 24.2. The molecule has 1 saturated carbocycles. The van der Waals surface area contributed by atoms with Gasteiger partial charge in [-0.05, 0) is 37.1 Å². The van der Waals surface area contributed by atoms with Crippen molar-refractivity contribution >= 4 is 28.8 Å². The molecule has 0 unspecified atom stereocenters. The Morgan fingerprint density at radius 2 is 1.76 bits per heavy atom. The summed E-state index contributed by atoms with van der Waals surface area (Å²) in [6.07, 6.45) is 10.7. The van der Waals surface area contributed by atoms with Gasteiger partial charge in [0.25, 0.3) is 5.91 Å². The summed E-state index contributed by atoms with van der Waals surface area (Å²) in [7, 11) is 0. The highest BCUT2D eigenvalue weighted by atomic mass is 16.2. The van der Waals surface area contributed by atoms with Gasteiger partial charge in [0.15, 0.2) is 0 Å². The average Bonchev–Trinajstić information content (AvgIpc) is 3.17. The Morgan fingerprint density at radius 3 is 2.53 bits per heavy atom. The number of carbonyl (C=O) groups is 1. The quantitative estimate of drug-likeness (QED) is 0.411. The molecule has 9 nitrogen and oxygen atoms in total. The molecule has 2 aromatic heterocycles. The number of nitrogens with one attached hydrogen (secondary N) is 4. The molecule has 2 aliphatic rings. The second-order valence-electron chi connectivity index (χ2n) is 9.04. The summed E-state index contributed by atoms with van der Waals surface area (Å²) < 4.78 is 0. The van der Waals surface area contributed by atoms with E-state index in [1.165, 1.54) is 38.5 Å². The van der Waals surface area contributed by atoms with Crippen LogP contribution in [0.15, 0.2) is 42.9 Å². The van der Waals surface area contributed by atoms with Crippen LogP contribution in [0.3, 0.4) is 0 Å². The maximum Gasteiger partial charge on any atom is 0.275 e. The molecular formula is C25H32N8O. The molecule has 1 aliphatic carbocycles. The Morgan fingerprint density at radius 1 is 1.00 bits per heavy atom. The van der Waals surface area contributed by atoms with Crippen molar-refractivity contribution in [2.75, 3.05) is 41.7 Å². The van der Waals surface area contributed by atoms with Crippen LogP contribution < -0.4 is 20.9 Å². The predicted octanol–water partition coefficient (Wildman–Crippen LogP) is 4.04. The first-order chi connectivity index (χ1) is 16.8. The first-order valence-corrected chi connectivity index (χ1v) is 12.3. The first kappa shape index (κ1) is 22.3. The summed E-state index contributed by atoms with van der Waals surface area (Å²) in [5.74, 6) is 0.889. The van der Waals surface area contributed by atoms with Crippen LogP contribution in [0.5, 0.6) is 0 Å². The van der Waals surface area contributed by atoms with Gasteiger partial charge < -0.3 is 20.9 Å². The Kier molecular flexibility index (Phi) is 6.99. The fourth-order valence-electron chi connectivity index (χ4n) is 4.80. The van der Waals surface area contributed by atoms with Gasteiger partial charge in [-0.3, -0.25) is 9.89 Å². The lowest BCUT2D eigenvalue weighted by Crippen LogP contribution is -2.43. The maximum atomic E-state index is 13.0. The van der Waals surface area contributed by atoms with E-state index < -0.39 is 0 Å². The zero-order valence-corrected chi connectivity index (χ0v) is 19.4. The molecule has 1 saturated heterocycles. The Hall–Kier alpha value is -3.46. The van der Waals surface area contributed by atoms with Gasteiger partial charge in [-0.2, -0.15) is 5.10 Å². The van der Waals surface area contributed by atoms with Crippen LogP contribution >= 0.6 is 0 Å². The number of aromatic amines is 1. The average molecular weight is 461 g/mol.